The van der Waals surface area contributed by atoms with Gasteiger partial charge in [0.15, 0.2) is 49.2 Å². The largest absolute Gasteiger partial charge is 0.507 e. The highest BCUT2D eigenvalue weighted by molar-refractivity contribution is 7.91. The second kappa shape index (κ2) is 16.3. The number of benzene rings is 6. The van der Waals surface area contributed by atoms with Crippen LogP contribution in [0.4, 0.5) is 0 Å². The Bertz CT molecular complexity index is 3320. The zero-order valence-corrected chi connectivity index (χ0v) is 38.5. The third-order valence-electron chi connectivity index (χ3n) is 10.4. The molecule has 6 aromatic carbocycles. The van der Waals surface area contributed by atoms with Crippen LogP contribution in [0.2, 0.25) is 0 Å². The lowest BCUT2D eigenvalue weighted by atomic mass is 9.94. The molecule has 0 atom stereocenters. The van der Waals surface area contributed by atoms with Crippen LogP contribution in [0, 0.1) is 0 Å². The molecule has 1 N–H and O–H groups in total. The Labute approximate surface area is 367 Å². The Morgan fingerprint density at radius 2 is 0.556 bits per heavy atom. The van der Waals surface area contributed by atoms with Crippen molar-refractivity contribution < 1.29 is 51.8 Å². The second-order valence-electron chi connectivity index (χ2n) is 15.2. The molecule has 7 aromatic rings. The lowest BCUT2D eigenvalue weighted by Gasteiger charge is -2.17. The van der Waals surface area contributed by atoms with Crippen molar-refractivity contribution in [3.05, 3.63) is 146 Å². The maximum atomic E-state index is 12.6. The van der Waals surface area contributed by atoms with Crippen LogP contribution in [0.1, 0.15) is 0 Å². The lowest BCUT2D eigenvalue weighted by molar-refractivity contribution is -0.572. The van der Waals surface area contributed by atoms with Crippen LogP contribution in [0.15, 0.2) is 170 Å². The molecule has 324 valence electrons. The molecule has 0 aliphatic carbocycles. The summed E-state index contributed by atoms with van der Waals surface area (Å²) in [6.07, 6.45) is 5.43. The van der Waals surface area contributed by atoms with E-state index in [1.165, 1.54) is 60.7 Å². The molecule has 0 aliphatic heterocycles. The first-order chi connectivity index (χ1) is 29.3. The molecule has 0 radical (unpaired) electrons. The topological polar surface area (TPSA) is 195 Å². The van der Waals surface area contributed by atoms with Gasteiger partial charge in [-0.3, -0.25) is 0 Å². The zero-order valence-electron chi connectivity index (χ0n) is 34.4. The minimum absolute atomic E-state index is 0.0488. The van der Waals surface area contributed by atoms with Gasteiger partial charge in [-0.1, -0.05) is 36.4 Å². The van der Waals surface area contributed by atoms with Crippen LogP contribution >= 0.6 is 0 Å². The summed E-state index contributed by atoms with van der Waals surface area (Å²) in [7, 11) is -17.9. The van der Waals surface area contributed by atoms with Crippen LogP contribution in [0.5, 0.6) is 5.75 Å². The van der Waals surface area contributed by atoms with Crippen molar-refractivity contribution in [3.8, 4) is 67.3 Å². The Hall–Kier alpha value is -5.98. The molecular formula is C46H40NO11S5+. The molecule has 1 aromatic heterocycles. The molecule has 0 bridgehead atoms. The highest BCUT2D eigenvalue weighted by Gasteiger charge is 2.29. The van der Waals surface area contributed by atoms with E-state index in [2.05, 4.69) is 0 Å². The maximum absolute atomic E-state index is 12.6. The number of phenols is 1. The molecule has 0 saturated heterocycles. The molecule has 7 rings (SSSR count). The number of sulfone groups is 5. The molecule has 0 fully saturated rings. The number of pyridine rings is 1. The van der Waals surface area contributed by atoms with Crippen molar-refractivity contribution in [2.24, 2.45) is 0 Å². The molecule has 0 saturated carbocycles. The van der Waals surface area contributed by atoms with Crippen molar-refractivity contribution in [2.45, 2.75) is 24.5 Å². The molecule has 17 heteroatoms. The summed E-state index contributed by atoms with van der Waals surface area (Å²) in [4.78, 5) is 0.321. The van der Waals surface area contributed by atoms with E-state index in [0.717, 1.165) is 31.3 Å². The number of nitrogens with zero attached hydrogens (tertiary/aromatic N) is 1. The average molecular weight is 943 g/mol. The quantitative estimate of drug-likeness (QED) is 0.131. The molecule has 63 heavy (non-hydrogen) atoms. The third kappa shape index (κ3) is 9.67. The van der Waals surface area contributed by atoms with E-state index in [1.807, 2.05) is 16.7 Å². The van der Waals surface area contributed by atoms with E-state index < -0.39 is 49.2 Å². The number of aromatic nitrogens is 1. The zero-order chi connectivity index (χ0) is 45.9. The standard InChI is InChI=1S/C46H39NO11S5/c1-59(49,50)37-16-6-30(7-17-37)35-26-44(33-12-22-40(23-13-33)62(4,55)56)47(45(27-35)34-14-24-41(25-15-34)63(5,57)58)36-28-42(31-8-18-38(19-9-31)60(2,51)52)46(48)43(29-36)32-10-20-39(21-11-32)61(3,53)54/h6-29H,1-5H3/p+1. The molecule has 1 heterocycles. The van der Waals surface area contributed by atoms with Crippen LogP contribution in [0.3, 0.4) is 0 Å². The van der Waals surface area contributed by atoms with Crippen LogP contribution in [-0.4, -0.2) is 78.5 Å². The summed E-state index contributed by atoms with van der Waals surface area (Å²) in [6, 6.07) is 37.5. The van der Waals surface area contributed by atoms with Crippen molar-refractivity contribution in [1.82, 2.24) is 0 Å². The first-order valence-electron chi connectivity index (χ1n) is 18.8. The molecule has 0 unspecified atom stereocenters. The lowest BCUT2D eigenvalue weighted by Crippen LogP contribution is -2.36. The summed E-state index contributed by atoms with van der Waals surface area (Å²) in [5.74, 6) is -0.209. The molecular weight excluding hydrogens is 903 g/mol. The predicted molar refractivity (Wildman–Crippen MR) is 242 cm³/mol. The first kappa shape index (κ1) is 45.1. The van der Waals surface area contributed by atoms with Gasteiger partial charge in [0.25, 0.3) is 0 Å². The summed E-state index contributed by atoms with van der Waals surface area (Å²) < 4.78 is 127. The Morgan fingerprint density at radius 3 is 0.810 bits per heavy atom. The Kier molecular flexibility index (Phi) is 11.7. The minimum atomic E-state index is -3.61. The highest BCUT2D eigenvalue weighted by atomic mass is 32.2. The van der Waals surface area contributed by atoms with Gasteiger partial charge in [0, 0.05) is 77.8 Å². The third-order valence-corrected chi connectivity index (χ3v) is 16.0. The van der Waals surface area contributed by atoms with Crippen molar-refractivity contribution >= 4 is 49.2 Å². The van der Waals surface area contributed by atoms with Gasteiger partial charge in [0.1, 0.15) is 5.75 Å². The van der Waals surface area contributed by atoms with Crippen molar-refractivity contribution in [1.29, 1.82) is 0 Å². The highest BCUT2D eigenvalue weighted by Crippen LogP contribution is 2.41. The van der Waals surface area contributed by atoms with Gasteiger partial charge in [-0.05, 0) is 107 Å². The molecule has 12 nitrogen and oxygen atoms in total. The van der Waals surface area contributed by atoms with Crippen LogP contribution in [-0.2, 0) is 49.2 Å². The fourth-order valence-electron chi connectivity index (χ4n) is 7.06. The van der Waals surface area contributed by atoms with E-state index >= 15 is 0 Å². The van der Waals surface area contributed by atoms with Gasteiger partial charge in [-0.15, -0.1) is 0 Å². The van der Waals surface area contributed by atoms with Crippen LogP contribution < -0.4 is 4.57 Å². The Morgan fingerprint density at radius 1 is 0.317 bits per heavy atom. The van der Waals surface area contributed by atoms with E-state index in [4.69, 9.17) is 0 Å². The number of aromatic hydroxyl groups is 1. The summed E-state index contributed by atoms with van der Waals surface area (Å²) in [6.45, 7) is 0. The summed E-state index contributed by atoms with van der Waals surface area (Å²) in [5.41, 5.74) is 5.01. The predicted octanol–water partition coefficient (Wildman–Crippen LogP) is 7.02. The number of hydrogen-bond acceptors (Lipinski definition) is 11. The monoisotopic (exact) mass is 942 g/mol. The fraction of sp³-hybridized carbons (Fsp3) is 0.109. The van der Waals surface area contributed by atoms with E-state index in [-0.39, 0.29) is 41.4 Å². The smallest absolute Gasteiger partial charge is 0.219 e. The van der Waals surface area contributed by atoms with Gasteiger partial charge >= 0.3 is 0 Å². The SMILES string of the molecule is CS(=O)(=O)c1ccc(-c2cc(-c3ccc(S(C)(=O)=O)cc3)[n+](-c3cc(-c4ccc(S(C)(=O)=O)cc4)c(O)c(-c4ccc(S(C)(=O)=O)cc4)c3)c(-c3ccc(S(C)(=O)=O)cc3)c2)cc1. The van der Waals surface area contributed by atoms with Crippen molar-refractivity contribution in [2.75, 3.05) is 31.3 Å². The van der Waals surface area contributed by atoms with Crippen molar-refractivity contribution in [3.63, 3.8) is 0 Å². The second-order valence-corrected chi connectivity index (χ2v) is 25.3. The number of phenolic OH excluding ortho intramolecular Hbond substituents is 1. The van der Waals surface area contributed by atoms with Gasteiger partial charge in [-0.2, -0.15) is 4.57 Å². The van der Waals surface area contributed by atoms with Crippen LogP contribution in [0.25, 0.3) is 61.6 Å². The average Bonchev–Trinajstić information content (AvgIpc) is 3.22. The Balaban J connectivity index is 1.62. The number of hydrogen-bond donors (Lipinski definition) is 1. The molecule has 0 amide bonds. The van der Waals surface area contributed by atoms with Gasteiger partial charge in [0.2, 0.25) is 17.1 Å². The van der Waals surface area contributed by atoms with Gasteiger partial charge in [-0.25, -0.2) is 42.1 Å². The summed E-state index contributed by atoms with van der Waals surface area (Å²) >= 11 is 0. The minimum Gasteiger partial charge on any atom is -0.507 e. The van der Waals surface area contributed by atoms with Gasteiger partial charge < -0.3 is 5.11 Å². The van der Waals surface area contributed by atoms with E-state index in [9.17, 15) is 47.2 Å². The van der Waals surface area contributed by atoms with E-state index in [0.29, 0.717) is 50.5 Å². The van der Waals surface area contributed by atoms with E-state index in [1.54, 1.807) is 72.8 Å². The summed E-state index contributed by atoms with van der Waals surface area (Å²) in [5, 5.41) is 12.1. The first-order valence-corrected chi connectivity index (χ1v) is 28.2. The maximum Gasteiger partial charge on any atom is 0.219 e. The normalized spacial score (nSPS) is 12.6. The number of rotatable bonds is 11. The molecule has 0 spiro atoms. The van der Waals surface area contributed by atoms with Gasteiger partial charge in [0.05, 0.1) is 24.5 Å². The fourth-order valence-corrected chi connectivity index (χ4v) is 10.2. The molecule has 0 aliphatic rings.